The van der Waals surface area contributed by atoms with Crippen molar-refractivity contribution < 1.29 is 18.0 Å². The summed E-state index contributed by atoms with van der Waals surface area (Å²) in [5, 5.41) is 4.45. The summed E-state index contributed by atoms with van der Waals surface area (Å²) in [6.45, 7) is 1.94. The van der Waals surface area contributed by atoms with Crippen LogP contribution in [0.25, 0.3) is 0 Å². The number of sulfonamides is 1. The molecule has 0 atom stereocenters. The number of carbonyl (C=O) groups is 2. The summed E-state index contributed by atoms with van der Waals surface area (Å²) < 4.78 is 28.1. The Bertz CT molecular complexity index is 1200. The number of rotatable bonds is 5. The number of hydrogen-bond acceptors (Lipinski definition) is 5. The number of hydrogen-bond donors (Lipinski definition) is 2. The van der Waals surface area contributed by atoms with Crippen molar-refractivity contribution in [1.82, 2.24) is 0 Å². The van der Waals surface area contributed by atoms with Gasteiger partial charge in [0.05, 0.1) is 15.5 Å². The van der Waals surface area contributed by atoms with Crippen LogP contribution in [0.5, 0.6) is 0 Å². The quantitative estimate of drug-likeness (QED) is 0.631. The van der Waals surface area contributed by atoms with Crippen LogP contribution in [0, 0.1) is 0 Å². The van der Waals surface area contributed by atoms with Crippen molar-refractivity contribution in [2.45, 2.75) is 18.2 Å². The predicted molar refractivity (Wildman–Crippen MR) is 118 cm³/mol. The smallest absolute Gasteiger partial charge is 0.268 e. The van der Waals surface area contributed by atoms with Crippen LogP contribution in [0.4, 0.5) is 17.1 Å². The van der Waals surface area contributed by atoms with E-state index in [1.807, 2.05) is 17.5 Å². The summed E-state index contributed by atoms with van der Waals surface area (Å²) >= 11 is 1.38. The topological polar surface area (TPSA) is 95.6 Å². The second-order valence-corrected chi connectivity index (χ2v) is 9.47. The molecule has 2 N–H and O–H groups in total. The van der Waals surface area contributed by atoms with Gasteiger partial charge < -0.3 is 10.2 Å². The first-order valence-corrected chi connectivity index (χ1v) is 11.6. The summed E-state index contributed by atoms with van der Waals surface area (Å²) in [4.78, 5) is 26.3. The zero-order valence-corrected chi connectivity index (χ0v) is 17.7. The van der Waals surface area contributed by atoms with Gasteiger partial charge in [-0.15, -0.1) is 11.3 Å². The van der Waals surface area contributed by atoms with E-state index in [-0.39, 0.29) is 16.7 Å². The van der Waals surface area contributed by atoms with Gasteiger partial charge in [-0.1, -0.05) is 12.1 Å². The molecule has 2 amide bonds. The molecule has 7 nitrogen and oxygen atoms in total. The third kappa shape index (κ3) is 4.07. The minimum absolute atomic E-state index is 0.0728. The molecule has 0 spiro atoms. The summed E-state index contributed by atoms with van der Waals surface area (Å²) in [6.07, 6.45) is 0.726. The Morgan fingerprint density at radius 3 is 2.43 bits per heavy atom. The number of nitrogens with zero attached hydrogens (tertiary/aromatic N) is 1. The maximum absolute atomic E-state index is 12.8. The largest absolute Gasteiger partial charge is 0.326 e. The van der Waals surface area contributed by atoms with E-state index < -0.39 is 10.0 Å². The molecule has 0 unspecified atom stereocenters. The molecule has 2 heterocycles. The molecule has 0 radical (unpaired) electrons. The number of thiophene rings is 1. The van der Waals surface area contributed by atoms with E-state index in [9.17, 15) is 18.0 Å². The van der Waals surface area contributed by atoms with E-state index in [1.54, 1.807) is 23.1 Å². The van der Waals surface area contributed by atoms with Crippen LogP contribution >= 0.6 is 11.3 Å². The van der Waals surface area contributed by atoms with Crippen molar-refractivity contribution in [2.75, 3.05) is 21.5 Å². The number of carbonyl (C=O) groups excluding carboxylic acids is 2. The highest BCUT2D eigenvalue weighted by atomic mass is 32.2. The SMILES string of the molecule is CC(=O)Nc1ccc(S(=O)(=O)Nc2ccc3c(c2)N(C(=O)c2cccs2)CC3)cc1. The molecule has 3 aromatic rings. The van der Waals surface area contributed by atoms with Gasteiger partial charge in [-0.2, -0.15) is 0 Å². The Kier molecular flexibility index (Phi) is 5.31. The number of fused-ring (bicyclic) bond motifs is 1. The van der Waals surface area contributed by atoms with Gasteiger partial charge in [-0.05, 0) is 59.8 Å². The Morgan fingerprint density at radius 1 is 1.03 bits per heavy atom. The minimum atomic E-state index is -3.82. The molecule has 154 valence electrons. The minimum Gasteiger partial charge on any atom is -0.326 e. The number of nitrogens with one attached hydrogen (secondary N) is 2. The molecular weight excluding hydrogens is 422 g/mol. The van der Waals surface area contributed by atoms with Crippen LogP contribution in [0.3, 0.4) is 0 Å². The highest BCUT2D eigenvalue weighted by Crippen LogP contribution is 2.33. The maximum atomic E-state index is 12.8. The highest BCUT2D eigenvalue weighted by Gasteiger charge is 2.27. The average molecular weight is 442 g/mol. The molecule has 4 rings (SSSR count). The van der Waals surface area contributed by atoms with Crippen molar-refractivity contribution in [2.24, 2.45) is 0 Å². The van der Waals surface area contributed by atoms with E-state index in [1.165, 1.54) is 42.5 Å². The summed E-state index contributed by atoms with van der Waals surface area (Å²) in [5.74, 6) is -0.319. The van der Waals surface area contributed by atoms with E-state index >= 15 is 0 Å². The Hall–Kier alpha value is -3.17. The van der Waals surface area contributed by atoms with Gasteiger partial charge in [0, 0.05) is 24.8 Å². The lowest BCUT2D eigenvalue weighted by Crippen LogP contribution is -2.28. The third-order valence-corrected chi connectivity index (χ3v) is 6.95. The predicted octanol–water partition coefficient (Wildman–Crippen LogP) is 3.71. The van der Waals surface area contributed by atoms with Gasteiger partial charge in [-0.3, -0.25) is 14.3 Å². The van der Waals surface area contributed by atoms with Gasteiger partial charge in [0.1, 0.15) is 0 Å². The molecule has 0 saturated heterocycles. The van der Waals surface area contributed by atoms with Gasteiger partial charge in [0.15, 0.2) is 0 Å². The number of anilines is 3. The standard InChI is InChI=1S/C21H19N3O4S2/c1-14(25)22-16-6-8-18(9-7-16)30(27,28)23-17-5-4-15-10-11-24(19(15)13-17)21(26)20-3-2-12-29-20/h2-9,12-13,23H,10-11H2,1H3,(H,22,25). The average Bonchev–Trinajstić information content (AvgIpc) is 3.37. The Labute approximate surface area is 178 Å². The zero-order valence-electron chi connectivity index (χ0n) is 16.1. The summed E-state index contributed by atoms with van der Waals surface area (Å²) in [7, 11) is -3.82. The maximum Gasteiger partial charge on any atom is 0.268 e. The molecule has 30 heavy (non-hydrogen) atoms. The van der Waals surface area contributed by atoms with Crippen LogP contribution in [0.2, 0.25) is 0 Å². The van der Waals surface area contributed by atoms with Gasteiger partial charge in [0.2, 0.25) is 5.91 Å². The lowest BCUT2D eigenvalue weighted by atomic mass is 10.1. The van der Waals surface area contributed by atoms with Crippen molar-refractivity contribution >= 4 is 50.2 Å². The molecule has 9 heteroatoms. The fraction of sp³-hybridized carbons (Fsp3) is 0.143. The van der Waals surface area contributed by atoms with Crippen LogP contribution in [0.15, 0.2) is 64.9 Å². The molecule has 1 aliphatic rings. The number of benzene rings is 2. The molecule has 1 aromatic heterocycles. The molecule has 2 aromatic carbocycles. The van der Waals surface area contributed by atoms with E-state index in [4.69, 9.17) is 0 Å². The van der Waals surface area contributed by atoms with Gasteiger partial charge in [0.25, 0.3) is 15.9 Å². The Balaban J connectivity index is 1.56. The van der Waals surface area contributed by atoms with E-state index in [0.717, 1.165) is 17.7 Å². The fourth-order valence-electron chi connectivity index (χ4n) is 3.32. The molecular formula is C21H19N3O4S2. The summed E-state index contributed by atoms with van der Waals surface area (Å²) in [5.41, 5.74) is 2.62. The van der Waals surface area contributed by atoms with Crippen molar-refractivity contribution in [3.05, 3.63) is 70.4 Å². The first-order chi connectivity index (χ1) is 14.3. The van der Waals surface area contributed by atoms with Crippen LogP contribution in [-0.2, 0) is 21.2 Å². The molecule has 0 saturated carbocycles. The first kappa shape index (κ1) is 20.1. The monoisotopic (exact) mass is 441 g/mol. The zero-order chi connectivity index (χ0) is 21.3. The van der Waals surface area contributed by atoms with Crippen LogP contribution in [-0.4, -0.2) is 26.8 Å². The van der Waals surface area contributed by atoms with Gasteiger partial charge in [-0.25, -0.2) is 8.42 Å². The molecule has 0 aliphatic carbocycles. The second-order valence-electron chi connectivity index (χ2n) is 6.84. The normalized spacial score (nSPS) is 13.0. The van der Waals surface area contributed by atoms with Crippen molar-refractivity contribution in [3.63, 3.8) is 0 Å². The lowest BCUT2D eigenvalue weighted by Gasteiger charge is -2.17. The fourth-order valence-corrected chi connectivity index (χ4v) is 5.04. The van der Waals surface area contributed by atoms with Gasteiger partial charge >= 0.3 is 0 Å². The van der Waals surface area contributed by atoms with Crippen molar-refractivity contribution in [1.29, 1.82) is 0 Å². The second kappa shape index (κ2) is 7.92. The molecule has 0 fully saturated rings. The Morgan fingerprint density at radius 2 is 1.77 bits per heavy atom. The van der Waals surface area contributed by atoms with E-state index in [2.05, 4.69) is 10.0 Å². The van der Waals surface area contributed by atoms with Crippen molar-refractivity contribution in [3.8, 4) is 0 Å². The first-order valence-electron chi connectivity index (χ1n) is 9.22. The lowest BCUT2D eigenvalue weighted by molar-refractivity contribution is -0.114. The molecule has 0 bridgehead atoms. The summed E-state index contributed by atoms with van der Waals surface area (Å²) in [6, 6.07) is 14.7. The molecule has 1 aliphatic heterocycles. The highest BCUT2D eigenvalue weighted by molar-refractivity contribution is 7.92. The van der Waals surface area contributed by atoms with Crippen LogP contribution in [0.1, 0.15) is 22.2 Å². The third-order valence-electron chi connectivity index (χ3n) is 4.70. The van der Waals surface area contributed by atoms with E-state index in [0.29, 0.717) is 22.8 Å². The number of amides is 2. The van der Waals surface area contributed by atoms with Crippen LogP contribution < -0.4 is 14.9 Å².